The number of carbonyl (C=O) groups excluding carboxylic acids is 1. The van der Waals surface area contributed by atoms with Gasteiger partial charge in [-0.1, -0.05) is 18.3 Å². The fourth-order valence-electron chi connectivity index (χ4n) is 2.20. The van der Waals surface area contributed by atoms with E-state index < -0.39 is 0 Å². The molecule has 2 aromatic rings. The first-order valence-electron chi connectivity index (χ1n) is 7.75. The van der Waals surface area contributed by atoms with E-state index in [-0.39, 0.29) is 11.9 Å². The molecule has 1 amide bonds. The first kappa shape index (κ1) is 17.6. The van der Waals surface area contributed by atoms with Crippen LogP contribution in [-0.4, -0.2) is 50.4 Å². The van der Waals surface area contributed by atoms with E-state index in [1.807, 2.05) is 44.3 Å². The third kappa shape index (κ3) is 4.59. The van der Waals surface area contributed by atoms with Crippen molar-refractivity contribution in [2.24, 2.45) is 0 Å². The molecule has 0 bridgehead atoms. The molecule has 0 unspecified atom stereocenters. The number of nitrogens with zero attached hydrogens (tertiary/aromatic N) is 5. The fraction of sp³-hybridized carbons (Fsp3) is 0.600. The predicted octanol–water partition coefficient (Wildman–Crippen LogP) is 1.87. The van der Waals surface area contributed by atoms with Gasteiger partial charge in [-0.3, -0.25) is 19.7 Å². The van der Waals surface area contributed by atoms with E-state index in [4.69, 9.17) is 0 Å². The number of amides is 1. The summed E-state index contributed by atoms with van der Waals surface area (Å²) >= 11 is 1.42. The zero-order chi connectivity index (χ0) is 17.0. The van der Waals surface area contributed by atoms with Crippen LogP contribution in [0.2, 0.25) is 0 Å². The normalized spacial score (nSPS) is 12.6. The maximum absolute atomic E-state index is 12.3. The summed E-state index contributed by atoms with van der Waals surface area (Å²) in [7, 11) is 1.94. The van der Waals surface area contributed by atoms with Crippen LogP contribution in [0.4, 0.5) is 5.13 Å². The molecule has 0 spiro atoms. The highest BCUT2D eigenvalue weighted by molar-refractivity contribution is 7.15. The lowest BCUT2D eigenvalue weighted by Crippen LogP contribution is -2.41. The highest BCUT2D eigenvalue weighted by Crippen LogP contribution is 2.16. The number of nitrogens with one attached hydrogen (secondary N) is 1. The highest BCUT2D eigenvalue weighted by atomic mass is 32.1. The Bertz CT molecular complexity index is 665. The Balaban J connectivity index is 1.86. The summed E-state index contributed by atoms with van der Waals surface area (Å²) in [5, 5.41) is 16.7. The number of anilines is 1. The highest BCUT2D eigenvalue weighted by Gasteiger charge is 2.19. The zero-order valence-electron chi connectivity index (χ0n) is 14.3. The minimum absolute atomic E-state index is 0.0697. The van der Waals surface area contributed by atoms with Crippen molar-refractivity contribution in [1.82, 2.24) is 24.9 Å². The van der Waals surface area contributed by atoms with Crippen LogP contribution in [0.1, 0.15) is 30.2 Å². The number of likely N-dealkylation sites (N-methyl/N-ethyl adjacent to an activating group) is 1. The van der Waals surface area contributed by atoms with E-state index in [1.165, 1.54) is 11.3 Å². The number of aryl methyl sites for hydroxylation is 3. The molecule has 2 heterocycles. The molecule has 0 fully saturated rings. The van der Waals surface area contributed by atoms with Gasteiger partial charge >= 0.3 is 0 Å². The topological polar surface area (TPSA) is 75.9 Å². The van der Waals surface area contributed by atoms with Crippen molar-refractivity contribution in [3.8, 4) is 0 Å². The molecule has 0 saturated carbocycles. The Morgan fingerprint density at radius 1 is 1.43 bits per heavy atom. The molecule has 0 aliphatic rings. The van der Waals surface area contributed by atoms with Crippen molar-refractivity contribution in [1.29, 1.82) is 0 Å². The van der Waals surface area contributed by atoms with Crippen molar-refractivity contribution >= 4 is 22.4 Å². The molecule has 0 aliphatic heterocycles. The maximum Gasteiger partial charge on any atom is 0.243 e. The van der Waals surface area contributed by atoms with Crippen LogP contribution in [0.3, 0.4) is 0 Å². The van der Waals surface area contributed by atoms with E-state index in [1.54, 1.807) is 0 Å². The molecule has 7 nitrogen and oxygen atoms in total. The molecule has 23 heavy (non-hydrogen) atoms. The number of hydrogen-bond acceptors (Lipinski definition) is 6. The second-order valence-corrected chi connectivity index (χ2v) is 6.71. The molecule has 126 valence electrons. The van der Waals surface area contributed by atoms with Gasteiger partial charge < -0.3 is 0 Å². The van der Waals surface area contributed by atoms with Gasteiger partial charge in [-0.25, -0.2) is 0 Å². The molecule has 1 atom stereocenters. The van der Waals surface area contributed by atoms with Crippen molar-refractivity contribution in [3.05, 3.63) is 22.5 Å². The van der Waals surface area contributed by atoms with Crippen LogP contribution in [0.15, 0.2) is 6.07 Å². The third-order valence-corrected chi connectivity index (χ3v) is 4.79. The number of hydrogen-bond donors (Lipinski definition) is 1. The average Bonchev–Trinajstić information content (AvgIpc) is 3.09. The van der Waals surface area contributed by atoms with E-state index in [2.05, 4.69) is 26.7 Å². The first-order valence-corrected chi connectivity index (χ1v) is 8.57. The maximum atomic E-state index is 12.3. The Labute approximate surface area is 140 Å². The summed E-state index contributed by atoms with van der Waals surface area (Å²) in [6.07, 6.45) is 0.825. The second-order valence-electron chi connectivity index (χ2n) is 5.65. The van der Waals surface area contributed by atoms with Crippen molar-refractivity contribution in [2.45, 2.75) is 46.7 Å². The van der Waals surface area contributed by atoms with E-state index >= 15 is 0 Å². The molecular weight excluding hydrogens is 312 g/mol. The van der Waals surface area contributed by atoms with Crippen molar-refractivity contribution in [2.75, 3.05) is 18.9 Å². The summed E-state index contributed by atoms with van der Waals surface area (Å²) in [5.41, 5.74) is 2.15. The molecule has 0 radical (unpaired) electrons. The van der Waals surface area contributed by atoms with Gasteiger partial charge in [0.05, 0.1) is 18.3 Å². The van der Waals surface area contributed by atoms with Crippen LogP contribution in [0, 0.1) is 13.8 Å². The molecular formula is C15H24N6OS. The van der Waals surface area contributed by atoms with E-state index in [0.29, 0.717) is 5.13 Å². The standard InChI is InChI=1S/C15H24N6OS/c1-6-13-17-18-15(23-13)16-14(22)12(4)20(5)7-8-21-11(3)9-10(2)19-21/h9,12H,6-8H2,1-5H3,(H,16,18,22)/t12-/m0/s1. The van der Waals surface area contributed by atoms with Gasteiger partial charge in [0.25, 0.3) is 0 Å². The number of carbonyl (C=O) groups is 1. The van der Waals surface area contributed by atoms with E-state index in [0.717, 1.165) is 35.9 Å². The van der Waals surface area contributed by atoms with Crippen LogP contribution in [-0.2, 0) is 17.8 Å². The molecule has 0 saturated heterocycles. The average molecular weight is 336 g/mol. The van der Waals surface area contributed by atoms with Crippen molar-refractivity contribution in [3.63, 3.8) is 0 Å². The smallest absolute Gasteiger partial charge is 0.243 e. The molecule has 2 rings (SSSR count). The lowest BCUT2D eigenvalue weighted by atomic mass is 10.3. The number of rotatable bonds is 7. The number of aromatic nitrogens is 4. The Hall–Kier alpha value is -1.80. The fourth-order valence-corrected chi connectivity index (χ4v) is 2.89. The summed E-state index contributed by atoms with van der Waals surface area (Å²) in [6, 6.07) is 1.80. The largest absolute Gasteiger partial charge is 0.299 e. The molecule has 1 N–H and O–H groups in total. The van der Waals surface area contributed by atoms with Gasteiger partial charge in [-0.2, -0.15) is 5.10 Å². The van der Waals surface area contributed by atoms with Gasteiger partial charge in [0, 0.05) is 12.2 Å². The van der Waals surface area contributed by atoms with Crippen LogP contribution < -0.4 is 5.32 Å². The molecule has 0 aliphatic carbocycles. The van der Waals surface area contributed by atoms with Crippen molar-refractivity contribution < 1.29 is 4.79 Å². The molecule has 0 aromatic carbocycles. The summed E-state index contributed by atoms with van der Waals surface area (Å²) in [4.78, 5) is 14.3. The Kier molecular flexibility index (Phi) is 5.84. The minimum atomic E-state index is -0.249. The van der Waals surface area contributed by atoms with Crippen LogP contribution in [0.25, 0.3) is 0 Å². The van der Waals surface area contributed by atoms with Gasteiger partial charge in [0.2, 0.25) is 11.0 Å². The zero-order valence-corrected chi connectivity index (χ0v) is 15.1. The Morgan fingerprint density at radius 2 is 2.17 bits per heavy atom. The van der Waals surface area contributed by atoms with E-state index in [9.17, 15) is 4.79 Å². The first-order chi connectivity index (χ1) is 10.9. The summed E-state index contributed by atoms with van der Waals surface area (Å²) in [6.45, 7) is 9.42. The quantitative estimate of drug-likeness (QED) is 0.835. The monoisotopic (exact) mass is 336 g/mol. The van der Waals surface area contributed by atoms with Gasteiger partial charge in [-0.05, 0) is 40.3 Å². The van der Waals surface area contributed by atoms with Gasteiger partial charge in [-0.15, -0.1) is 10.2 Å². The second kappa shape index (κ2) is 7.65. The minimum Gasteiger partial charge on any atom is -0.299 e. The lowest BCUT2D eigenvalue weighted by molar-refractivity contribution is -0.120. The molecule has 2 aromatic heterocycles. The Morgan fingerprint density at radius 3 is 2.74 bits per heavy atom. The van der Waals surface area contributed by atoms with Gasteiger partial charge in [0.1, 0.15) is 5.01 Å². The third-order valence-electron chi connectivity index (χ3n) is 3.81. The lowest BCUT2D eigenvalue weighted by Gasteiger charge is -2.23. The van der Waals surface area contributed by atoms with Gasteiger partial charge in [0.15, 0.2) is 0 Å². The summed E-state index contributed by atoms with van der Waals surface area (Å²) in [5.74, 6) is -0.0697. The SMILES string of the molecule is CCc1nnc(NC(=O)[C@H](C)N(C)CCn2nc(C)cc2C)s1. The summed E-state index contributed by atoms with van der Waals surface area (Å²) < 4.78 is 1.97. The molecule has 8 heteroatoms. The predicted molar refractivity (Wildman–Crippen MR) is 91.7 cm³/mol. The van der Waals surface area contributed by atoms with Crippen LogP contribution in [0.5, 0.6) is 0 Å². The van der Waals surface area contributed by atoms with Crippen LogP contribution >= 0.6 is 11.3 Å².